The molecule has 0 spiro atoms. The molecule has 0 radical (unpaired) electrons. The fourth-order valence-electron chi connectivity index (χ4n) is 2.93. The highest BCUT2D eigenvalue weighted by atomic mass is 32.2. The molecule has 132 valence electrons. The number of carboxylic acid groups (broad SMARTS) is 1. The number of hydrogen-bond acceptors (Lipinski definition) is 5. The van der Waals surface area contributed by atoms with Crippen LogP contribution >= 0.6 is 11.8 Å². The van der Waals surface area contributed by atoms with Crippen LogP contribution in [0.4, 0.5) is 5.69 Å². The fraction of sp³-hybridized carbons (Fsp3) is 0.389. The number of carboxylic acids is 1. The first-order chi connectivity index (χ1) is 12.1. The smallest absolute Gasteiger partial charge is 0.305 e. The number of methoxy groups -OCH3 is 1. The maximum Gasteiger partial charge on any atom is 0.305 e. The summed E-state index contributed by atoms with van der Waals surface area (Å²) in [6, 6.07) is 7.19. The summed E-state index contributed by atoms with van der Waals surface area (Å²) in [5.41, 5.74) is 0.705. The Bertz CT molecular complexity index is 714. The standard InChI is InChI=1S/C18H20N2O4S/c1-24-14-9-7-12(8-10-14)19-18-20(13-5-3-2-4-6-13)17(23)15(25-18)11-16(21)22/h3,5,7-10,13,15H,2,4,6,11H2,1H3,(H,21,22)/t13-,15-/m1/s1. The molecule has 3 rings (SSSR count). The van der Waals surface area contributed by atoms with Gasteiger partial charge in [0.2, 0.25) is 5.91 Å². The molecule has 6 nitrogen and oxygen atoms in total. The summed E-state index contributed by atoms with van der Waals surface area (Å²) in [4.78, 5) is 30.1. The molecule has 1 aromatic carbocycles. The van der Waals surface area contributed by atoms with E-state index >= 15 is 0 Å². The van der Waals surface area contributed by atoms with Gasteiger partial charge in [-0.1, -0.05) is 23.9 Å². The van der Waals surface area contributed by atoms with Gasteiger partial charge in [0, 0.05) is 0 Å². The molecular weight excluding hydrogens is 340 g/mol. The zero-order valence-electron chi connectivity index (χ0n) is 13.9. The van der Waals surface area contributed by atoms with Crippen LogP contribution in [-0.2, 0) is 9.59 Å². The molecule has 1 saturated heterocycles. The van der Waals surface area contributed by atoms with Crippen molar-refractivity contribution in [1.29, 1.82) is 0 Å². The lowest BCUT2D eigenvalue weighted by Gasteiger charge is -2.27. The second-order valence-corrected chi connectivity index (χ2v) is 7.10. The van der Waals surface area contributed by atoms with E-state index in [0.717, 1.165) is 25.0 Å². The number of thioether (sulfide) groups is 1. The molecule has 2 atom stereocenters. The highest BCUT2D eigenvalue weighted by Crippen LogP contribution is 2.35. The molecule has 1 heterocycles. The van der Waals surface area contributed by atoms with Crippen LogP contribution in [0.1, 0.15) is 25.7 Å². The number of carbonyl (C=O) groups excluding carboxylic acids is 1. The molecule has 1 aliphatic carbocycles. The van der Waals surface area contributed by atoms with Gasteiger partial charge in [-0.2, -0.15) is 0 Å². The monoisotopic (exact) mass is 360 g/mol. The Morgan fingerprint density at radius 2 is 2.16 bits per heavy atom. The summed E-state index contributed by atoms with van der Waals surface area (Å²) in [7, 11) is 1.60. The summed E-state index contributed by atoms with van der Waals surface area (Å²) in [5, 5.41) is 9.02. The first-order valence-corrected chi connectivity index (χ1v) is 9.07. The van der Waals surface area contributed by atoms with Crippen molar-refractivity contribution in [1.82, 2.24) is 4.90 Å². The molecular formula is C18H20N2O4S. The number of hydrogen-bond donors (Lipinski definition) is 1. The molecule has 2 aliphatic rings. The van der Waals surface area contributed by atoms with Crippen molar-refractivity contribution in [3.63, 3.8) is 0 Å². The Labute approximate surface area is 150 Å². The van der Waals surface area contributed by atoms with Crippen LogP contribution < -0.4 is 4.74 Å². The number of nitrogens with zero attached hydrogens (tertiary/aromatic N) is 2. The van der Waals surface area contributed by atoms with Crippen LogP contribution in [0.2, 0.25) is 0 Å². The first-order valence-electron chi connectivity index (χ1n) is 8.19. The molecule has 1 aliphatic heterocycles. The maximum atomic E-state index is 12.7. The van der Waals surface area contributed by atoms with E-state index in [1.54, 1.807) is 24.1 Å². The summed E-state index contributed by atoms with van der Waals surface area (Å²) in [6.07, 6.45) is 6.78. The van der Waals surface area contributed by atoms with Crippen LogP contribution in [0.5, 0.6) is 5.75 Å². The van der Waals surface area contributed by atoms with Gasteiger partial charge in [-0.25, -0.2) is 4.99 Å². The van der Waals surface area contributed by atoms with Gasteiger partial charge in [0.25, 0.3) is 0 Å². The van der Waals surface area contributed by atoms with Crippen molar-refractivity contribution in [3.8, 4) is 5.75 Å². The molecule has 1 aromatic rings. The second kappa shape index (κ2) is 7.74. The molecule has 0 saturated carbocycles. The van der Waals surface area contributed by atoms with E-state index in [0.29, 0.717) is 10.9 Å². The van der Waals surface area contributed by atoms with Gasteiger partial charge in [-0.05, 0) is 43.5 Å². The van der Waals surface area contributed by atoms with Crippen LogP contribution in [0.25, 0.3) is 0 Å². The maximum absolute atomic E-state index is 12.7. The Morgan fingerprint density at radius 3 is 2.76 bits per heavy atom. The van der Waals surface area contributed by atoms with Gasteiger partial charge in [-0.3, -0.25) is 14.5 Å². The van der Waals surface area contributed by atoms with Gasteiger partial charge in [0.15, 0.2) is 5.17 Å². The molecule has 0 bridgehead atoms. The second-order valence-electron chi connectivity index (χ2n) is 5.93. The van der Waals surface area contributed by atoms with E-state index in [2.05, 4.69) is 11.1 Å². The van der Waals surface area contributed by atoms with E-state index in [1.165, 1.54) is 11.8 Å². The van der Waals surface area contributed by atoms with Crippen molar-refractivity contribution >= 4 is 34.5 Å². The van der Waals surface area contributed by atoms with Crippen molar-refractivity contribution in [2.24, 2.45) is 4.99 Å². The first kappa shape index (κ1) is 17.5. The summed E-state index contributed by atoms with van der Waals surface area (Å²) in [5.74, 6) is -0.415. The third-order valence-electron chi connectivity index (χ3n) is 4.18. The van der Waals surface area contributed by atoms with E-state index in [-0.39, 0.29) is 18.4 Å². The third kappa shape index (κ3) is 4.04. The number of aliphatic carboxylic acids is 1. The van der Waals surface area contributed by atoms with Crippen LogP contribution in [-0.4, -0.2) is 45.5 Å². The van der Waals surface area contributed by atoms with Crippen LogP contribution in [0.3, 0.4) is 0 Å². The Kier molecular flexibility index (Phi) is 5.43. The number of ether oxygens (including phenoxy) is 1. The van der Waals surface area contributed by atoms with Crippen LogP contribution in [0, 0.1) is 0 Å². The summed E-state index contributed by atoms with van der Waals surface area (Å²) in [6.45, 7) is 0. The SMILES string of the molecule is COc1ccc(N=C2S[C@H](CC(=O)O)C(=O)N2[C@@H]2C=CCCC2)cc1. The zero-order chi connectivity index (χ0) is 17.8. The Morgan fingerprint density at radius 1 is 1.40 bits per heavy atom. The number of aliphatic imine (C=N–C) groups is 1. The molecule has 7 heteroatoms. The van der Waals surface area contributed by atoms with Crippen LogP contribution in [0.15, 0.2) is 41.4 Å². The normalized spacial score (nSPS) is 24.8. The molecule has 0 aromatic heterocycles. The van der Waals surface area contributed by atoms with Gasteiger partial charge in [0.05, 0.1) is 25.3 Å². The predicted molar refractivity (Wildman–Crippen MR) is 97.3 cm³/mol. The minimum Gasteiger partial charge on any atom is -0.497 e. The molecule has 1 N–H and O–H groups in total. The molecule has 1 fully saturated rings. The van der Waals surface area contributed by atoms with Crippen molar-refractivity contribution in [3.05, 3.63) is 36.4 Å². The average molecular weight is 360 g/mol. The van der Waals surface area contributed by atoms with Crippen molar-refractivity contribution in [2.75, 3.05) is 7.11 Å². The Hall–Kier alpha value is -2.28. The van der Waals surface area contributed by atoms with Gasteiger partial charge in [0.1, 0.15) is 11.0 Å². The minimum absolute atomic E-state index is 0.0513. The number of amidine groups is 1. The van der Waals surface area contributed by atoms with E-state index in [9.17, 15) is 9.59 Å². The summed E-state index contributed by atoms with van der Waals surface area (Å²) < 4.78 is 5.14. The Balaban J connectivity index is 1.90. The predicted octanol–water partition coefficient (Wildman–Crippen LogP) is 3.21. The highest BCUT2D eigenvalue weighted by molar-refractivity contribution is 8.15. The topological polar surface area (TPSA) is 79.2 Å². The minimum atomic E-state index is -0.976. The number of benzene rings is 1. The number of carbonyl (C=O) groups is 2. The third-order valence-corrected chi connectivity index (χ3v) is 5.34. The average Bonchev–Trinajstić information content (AvgIpc) is 2.91. The number of amides is 1. The zero-order valence-corrected chi connectivity index (χ0v) is 14.7. The van der Waals surface area contributed by atoms with Gasteiger partial charge < -0.3 is 9.84 Å². The van der Waals surface area contributed by atoms with Crippen molar-refractivity contribution < 1.29 is 19.4 Å². The van der Waals surface area contributed by atoms with E-state index in [4.69, 9.17) is 9.84 Å². The number of rotatable bonds is 5. The molecule has 1 amide bonds. The van der Waals surface area contributed by atoms with Crippen molar-refractivity contribution in [2.45, 2.75) is 37.0 Å². The fourth-order valence-corrected chi connectivity index (χ4v) is 4.13. The quantitative estimate of drug-likeness (QED) is 0.816. The van der Waals surface area contributed by atoms with E-state index < -0.39 is 11.2 Å². The van der Waals surface area contributed by atoms with Gasteiger partial charge >= 0.3 is 5.97 Å². The number of allylic oxidation sites excluding steroid dienone is 1. The lowest BCUT2D eigenvalue weighted by Crippen LogP contribution is -2.41. The largest absolute Gasteiger partial charge is 0.497 e. The highest BCUT2D eigenvalue weighted by Gasteiger charge is 2.42. The summed E-state index contributed by atoms with van der Waals surface area (Å²) >= 11 is 1.23. The lowest BCUT2D eigenvalue weighted by atomic mass is 10.0. The molecule has 25 heavy (non-hydrogen) atoms. The molecule has 0 unspecified atom stereocenters. The lowest BCUT2D eigenvalue weighted by molar-refractivity contribution is -0.139. The van der Waals surface area contributed by atoms with Gasteiger partial charge in [-0.15, -0.1) is 0 Å². The van der Waals surface area contributed by atoms with E-state index in [1.807, 2.05) is 18.2 Å².